The minimum atomic E-state index is -3.62. The lowest BCUT2D eigenvalue weighted by Gasteiger charge is -2.45. The van der Waals surface area contributed by atoms with Crippen LogP contribution in [0.25, 0.3) is 0 Å². The number of sulfonamides is 1. The molecule has 1 aromatic rings. The van der Waals surface area contributed by atoms with E-state index in [1.54, 1.807) is 6.07 Å². The van der Waals surface area contributed by atoms with E-state index in [1.165, 1.54) is 32.8 Å². The van der Waals surface area contributed by atoms with Crippen LogP contribution in [0.1, 0.15) is 32.6 Å². The minimum absolute atomic E-state index is 0.138. The van der Waals surface area contributed by atoms with Gasteiger partial charge >= 0.3 is 0 Å². The summed E-state index contributed by atoms with van der Waals surface area (Å²) in [7, 11) is 3.46. The first-order chi connectivity index (χ1) is 11.7. The second kappa shape index (κ2) is 7.93. The minimum Gasteiger partial charge on any atom is -0.493 e. The third-order valence-corrected chi connectivity index (χ3v) is 6.67. The summed E-state index contributed by atoms with van der Waals surface area (Å²) in [6.07, 6.45) is 4.32. The molecule has 1 fully saturated rings. The highest BCUT2D eigenvalue weighted by Gasteiger charge is 2.38. The van der Waals surface area contributed by atoms with Gasteiger partial charge in [-0.05, 0) is 45.0 Å². The van der Waals surface area contributed by atoms with Crippen LogP contribution in [0.3, 0.4) is 0 Å². The molecular formula is C18H30N2O4S. The first kappa shape index (κ1) is 20.0. The molecule has 2 atom stereocenters. The van der Waals surface area contributed by atoms with Crippen LogP contribution >= 0.6 is 0 Å². The summed E-state index contributed by atoms with van der Waals surface area (Å²) in [5.41, 5.74) is -0.138. The second-order valence-electron chi connectivity index (χ2n) is 7.16. The highest BCUT2D eigenvalue weighted by Crippen LogP contribution is 2.36. The topological polar surface area (TPSA) is 67.9 Å². The van der Waals surface area contributed by atoms with Gasteiger partial charge in [0.1, 0.15) is 0 Å². The van der Waals surface area contributed by atoms with Gasteiger partial charge in [-0.15, -0.1) is 0 Å². The van der Waals surface area contributed by atoms with Crippen LogP contribution in [-0.4, -0.2) is 53.7 Å². The molecule has 7 heteroatoms. The summed E-state index contributed by atoms with van der Waals surface area (Å²) in [6, 6.07) is 4.64. The Morgan fingerprint density at radius 3 is 2.48 bits per heavy atom. The van der Waals surface area contributed by atoms with Crippen LogP contribution in [0.2, 0.25) is 0 Å². The summed E-state index contributed by atoms with van der Waals surface area (Å²) < 4.78 is 38.7. The third-order valence-electron chi connectivity index (χ3n) is 5.27. The maximum absolute atomic E-state index is 12.8. The summed E-state index contributed by atoms with van der Waals surface area (Å²) >= 11 is 0. The molecule has 0 heterocycles. The Kier molecular flexibility index (Phi) is 6.35. The number of rotatable bonds is 7. The van der Waals surface area contributed by atoms with E-state index in [2.05, 4.69) is 16.5 Å². The van der Waals surface area contributed by atoms with Crippen LogP contribution < -0.4 is 14.2 Å². The molecule has 1 saturated carbocycles. The Bertz CT molecular complexity index is 690. The van der Waals surface area contributed by atoms with Crippen LogP contribution in [0.4, 0.5) is 0 Å². The van der Waals surface area contributed by atoms with Crippen LogP contribution in [0.5, 0.6) is 11.5 Å². The van der Waals surface area contributed by atoms with E-state index in [9.17, 15) is 8.42 Å². The predicted molar refractivity (Wildman–Crippen MR) is 98.8 cm³/mol. The average molecular weight is 371 g/mol. The molecule has 2 rings (SSSR count). The van der Waals surface area contributed by atoms with Gasteiger partial charge in [0, 0.05) is 18.2 Å². The normalized spacial score (nSPS) is 24.3. The maximum atomic E-state index is 12.8. The molecule has 0 radical (unpaired) electrons. The van der Waals surface area contributed by atoms with Crippen molar-refractivity contribution in [3.63, 3.8) is 0 Å². The van der Waals surface area contributed by atoms with Crippen molar-refractivity contribution in [1.29, 1.82) is 0 Å². The van der Waals surface area contributed by atoms with Gasteiger partial charge in [-0.1, -0.05) is 19.8 Å². The van der Waals surface area contributed by atoms with E-state index in [0.29, 0.717) is 24.0 Å². The lowest BCUT2D eigenvalue weighted by molar-refractivity contribution is 0.0805. The van der Waals surface area contributed by atoms with E-state index in [0.717, 1.165) is 19.3 Å². The van der Waals surface area contributed by atoms with Crippen molar-refractivity contribution < 1.29 is 17.9 Å². The highest BCUT2D eigenvalue weighted by molar-refractivity contribution is 7.89. The molecule has 0 aromatic heterocycles. The molecule has 2 unspecified atom stereocenters. The SMILES string of the molecule is COc1ccc(S(=O)(=O)NCC2(N(C)C)CCCC(C)C2)cc1OC. The van der Waals surface area contributed by atoms with Gasteiger partial charge in [-0.2, -0.15) is 0 Å². The van der Waals surface area contributed by atoms with Gasteiger partial charge < -0.3 is 14.4 Å². The molecule has 0 aliphatic heterocycles. The number of likely N-dealkylation sites (N-methyl/N-ethyl adjacent to an activating group) is 1. The van der Waals surface area contributed by atoms with Crippen molar-refractivity contribution in [2.24, 2.45) is 5.92 Å². The number of ether oxygens (including phenoxy) is 2. The van der Waals surface area contributed by atoms with Crippen molar-refractivity contribution in [3.05, 3.63) is 18.2 Å². The number of methoxy groups -OCH3 is 2. The van der Waals surface area contributed by atoms with Crippen LogP contribution in [0.15, 0.2) is 23.1 Å². The second-order valence-corrected chi connectivity index (χ2v) is 8.93. The van der Waals surface area contributed by atoms with Crippen LogP contribution in [-0.2, 0) is 10.0 Å². The van der Waals surface area contributed by atoms with Crippen molar-refractivity contribution in [1.82, 2.24) is 9.62 Å². The quantitative estimate of drug-likeness (QED) is 0.799. The average Bonchev–Trinajstić information content (AvgIpc) is 2.59. The van der Waals surface area contributed by atoms with Crippen molar-refractivity contribution in [3.8, 4) is 11.5 Å². The van der Waals surface area contributed by atoms with E-state index in [1.807, 2.05) is 14.1 Å². The Morgan fingerprint density at radius 1 is 1.24 bits per heavy atom. The zero-order valence-electron chi connectivity index (χ0n) is 15.8. The van der Waals surface area contributed by atoms with E-state index in [4.69, 9.17) is 9.47 Å². The Labute approximate surface area is 151 Å². The Morgan fingerprint density at radius 2 is 1.92 bits per heavy atom. The van der Waals surface area contributed by atoms with Gasteiger partial charge in [-0.3, -0.25) is 0 Å². The van der Waals surface area contributed by atoms with Gasteiger partial charge in [0.2, 0.25) is 10.0 Å². The van der Waals surface area contributed by atoms with Crippen LogP contribution in [0, 0.1) is 5.92 Å². The zero-order valence-corrected chi connectivity index (χ0v) is 16.6. The molecule has 0 amide bonds. The number of benzene rings is 1. The lowest BCUT2D eigenvalue weighted by atomic mass is 9.75. The molecule has 1 aliphatic rings. The molecule has 1 N–H and O–H groups in total. The largest absolute Gasteiger partial charge is 0.493 e. The summed E-state index contributed by atoms with van der Waals surface area (Å²) in [5, 5.41) is 0. The standard InChI is InChI=1S/C18H30N2O4S/c1-14-7-6-10-18(12-14,20(2)3)13-19-25(21,22)15-8-9-16(23-4)17(11-15)24-5/h8-9,11,14,19H,6-7,10,12-13H2,1-5H3. The summed E-state index contributed by atoms with van der Waals surface area (Å²) in [4.78, 5) is 2.35. The Hall–Kier alpha value is -1.31. The Balaban J connectivity index is 2.20. The maximum Gasteiger partial charge on any atom is 0.240 e. The fourth-order valence-electron chi connectivity index (χ4n) is 3.65. The lowest BCUT2D eigenvalue weighted by Crippen LogP contribution is -2.55. The number of nitrogens with zero attached hydrogens (tertiary/aromatic N) is 1. The molecule has 1 aliphatic carbocycles. The van der Waals surface area contributed by atoms with Gasteiger partial charge in [0.15, 0.2) is 11.5 Å². The molecule has 0 saturated heterocycles. The number of hydrogen-bond acceptors (Lipinski definition) is 5. The fraction of sp³-hybridized carbons (Fsp3) is 0.667. The van der Waals surface area contributed by atoms with Crippen molar-refractivity contribution in [2.45, 2.75) is 43.0 Å². The fourth-order valence-corrected chi connectivity index (χ4v) is 4.79. The van der Waals surface area contributed by atoms with E-state index in [-0.39, 0.29) is 10.4 Å². The van der Waals surface area contributed by atoms with E-state index < -0.39 is 10.0 Å². The molecule has 142 valence electrons. The summed E-state index contributed by atoms with van der Waals surface area (Å²) in [5.74, 6) is 1.51. The third kappa shape index (κ3) is 4.46. The molecular weight excluding hydrogens is 340 g/mol. The predicted octanol–water partition coefficient (Wildman–Crippen LogP) is 2.49. The number of nitrogens with one attached hydrogen (secondary N) is 1. The highest BCUT2D eigenvalue weighted by atomic mass is 32.2. The van der Waals surface area contributed by atoms with Gasteiger partial charge in [-0.25, -0.2) is 13.1 Å². The number of hydrogen-bond donors (Lipinski definition) is 1. The first-order valence-corrected chi connectivity index (χ1v) is 10.1. The molecule has 25 heavy (non-hydrogen) atoms. The molecule has 0 spiro atoms. The first-order valence-electron chi connectivity index (χ1n) is 8.63. The smallest absolute Gasteiger partial charge is 0.240 e. The molecule has 0 bridgehead atoms. The van der Waals surface area contributed by atoms with Gasteiger partial charge in [0.05, 0.1) is 19.1 Å². The molecule has 6 nitrogen and oxygen atoms in total. The zero-order chi connectivity index (χ0) is 18.7. The molecule has 1 aromatic carbocycles. The van der Waals surface area contributed by atoms with Crippen molar-refractivity contribution in [2.75, 3.05) is 34.9 Å². The van der Waals surface area contributed by atoms with Crippen molar-refractivity contribution >= 4 is 10.0 Å². The monoisotopic (exact) mass is 370 g/mol. The van der Waals surface area contributed by atoms with Gasteiger partial charge in [0.25, 0.3) is 0 Å². The summed E-state index contributed by atoms with van der Waals surface area (Å²) in [6.45, 7) is 2.64. The van der Waals surface area contributed by atoms with E-state index >= 15 is 0 Å².